The van der Waals surface area contributed by atoms with E-state index in [1.54, 1.807) is 31.4 Å². The first kappa shape index (κ1) is 21.9. The Balaban J connectivity index is 1.78. The van der Waals surface area contributed by atoms with Crippen molar-refractivity contribution in [2.45, 2.75) is 25.9 Å². The number of hydrogen-bond acceptors (Lipinski definition) is 5. The van der Waals surface area contributed by atoms with Crippen LogP contribution in [0.3, 0.4) is 0 Å². The Kier molecular flexibility index (Phi) is 7.29. The SMILES string of the molecule is COc1ccc([C@@H](C(=O)O[C@H](C#N)c2cccc(Oc3ccccc3)c2)C(C)C)cc1. The van der Waals surface area contributed by atoms with Gasteiger partial charge in [-0.05, 0) is 47.9 Å². The molecule has 5 heteroatoms. The number of rotatable bonds is 8. The molecule has 0 saturated carbocycles. The van der Waals surface area contributed by atoms with E-state index in [0.717, 1.165) is 5.56 Å². The van der Waals surface area contributed by atoms with Crippen molar-refractivity contribution in [2.24, 2.45) is 5.92 Å². The maximum atomic E-state index is 13.0. The van der Waals surface area contributed by atoms with Crippen molar-refractivity contribution in [2.75, 3.05) is 7.11 Å². The summed E-state index contributed by atoms with van der Waals surface area (Å²) in [7, 11) is 1.59. The second kappa shape index (κ2) is 10.3. The molecule has 3 rings (SSSR count). The maximum absolute atomic E-state index is 13.0. The van der Waals surface area contributed by atoms with Gasteiger partial charge in [-0.2, -0.15) is 5.26 Å². The van der Waals surface area contributed by atoms with Crippen LogP contribution >= 0.6 is 0 Å². The zero-order valence-corrected chi connectivity index (χ0v) is 17.8. The average Bonchev–Trinajstić information content (AvgIpc) is 2.78. The summed E-state index contributed by atoms with van der Waals surface area (Å²) in [6.07, 6.45) is -1.04. The topological polar surface area (TPSA) is 68.5 Å². The van der Waals surface area contributed by atoms with E-state index in [9.17, 15) is 10.1 Å². The van der Waals surface area contributed by atoms with Crippen molar-refractivity contribution in [1.29, 1.82) is 5.26 Å². The van der Waals surface area contributed by atoms with Crippen LogP contribution in [0.5, 0.6) is 17.2 Å². The quantitative estimate of drug-likeness (QED) is 0.420. The highest BCUT2D eigenvalue weighted by Crippen LogP contribution is 2.31. The summed E-state index contributed by atoms with van der Waals surface area (Å²) in [5.41, 5.74) is 1.38. The van der Waals surface area contributed by atoms with E-state index in [2.05, 4.69) is 6.07 Å². The molecule has 0 aliphatic heterocycles. The van der Waals surface area contributed by atoms with Gasteiger partial charge in [-0.25, -0.2) is 0 Å². The number of nitrogens with zero attached hydrogens (tertiary/aromatic N) is 1. The van der Waals surface area contributed by atoms with Gasteiger partial charge in [0.15, 0.2) is 0 Å². The summed E-state index contributed by atoms with van der Waals surface area (Å²) in [4.78, 5) is 13.0. The summed E-state index contributed by atoms with van der Waals surface area (Å²) in [5.74, 6) is 1.02. The van der Waals surface area contributed by atoms with Gasteiger partial charge < -0.3 is 14.2 Å². The van der Waals surface area contributed by atoms with Crippen molar-refractivity contribution in [3.05, 3.63) is 90.0 Å². The highest BCUT2D eigenvalue weighted by Gasteiger charge is 2.29. The Morgan fingerprint density at radius 1 is 0.839 bits per heavy atom. The van der Waals surface area contributed by atoms with E-state index in [-0.39, 0.29) is 5.92 Å². The summed E-state index contributed by atoms with van der Waals surface area (Å²) < 4.78 is 16.7. The van der Waals surface area contributed by atoms with Crippen LogP contribution in [-0.2, 0) is 9.53 Å². The van der Waals surface area contributed by atoms with Gasteiger partial charge in [0.05, 0.1) is 13.0 Å². The van der Waals surface area contributed by atoms with E-state index >= 15 is 0 Å². The summed E-state index contributed by atoms with van der Waals surface area (Å²) in [5, 5.41) is 9.68. The third-order valence-electron chi connectivity index (χ3n) is 4.89. The number of hydrogen-bond donors (Lipinski definition) is 0. The lowest BCUT2D eigenvalue weighted by atomic mass is 9.88. The molecule has 0 fully saturated rings. The highest BCUT2D eigenvalue weighted by molar-refractivity contribution is 5.79. The van der Waals surface area contributed by atoms with E-state index in [0.29, 0.717) is 22.8 Å². The minimum atomic E-state index is -1.04. The molecule has 0 amide bonds. The predicted octanol–water partition coefficient (Wildman–Crippen LogP) is 6.04. The van der Waals surface area contributed by atoms with Crippen LogP contribution in [-0.4, -0.2) is 13.1 Å². The molecule has 3 aromatic carbocycles. The molecule has 0 aromatic heterocycles. The Morgan fingerprint density at radius 2 is 1.52 bits per heavy atom. The zero-order chi connectivity index (χ0) is 22.2. The van der Waals surface area contributed by atoms with Crippen LogP contribution in [0.25, 0.3) is 0 Å². The first-order chi connectivity index (χ1) is 15.0. The minimum Gasteiger partial charge on any atom is -0.497 e. The van der Waals surface area contributed by atoms with E-state index < -0.39 is 18.0 Å². The lowest BCUT2D eigenvalue weighted by Crippen LogP contribution is -2.22. The number of carbonyl (C=O) groups excluding carboxylic acids is 1. The second-order valence-electron chi connectivity index (χ2n) is 7.43. The van der Waals surface area contributed by atoms with E-state index in [1.807, 2.05) is 68.4 Å². The third-order valence-corrected chi connectivity index (χ3v) is 4.89. The summed E-state index contributed by atoms with van der Waals surface area (Å²) in [6, 6.07) is 25.8. The molecule has 5 nitrogen and oxygen atoms in total. The largest absolute Gasteiger partial charge is 0.497 e. The van der Waals surface area contributed by atoms with Gasteiger partial charge in [-0.15, -0.1) is 0 Å². The van der Waals surface area contributed by atoms with Crippen molar-refractivity contribution in [1.82, 2.24) is 0 Å². The molecule has 0 saturated heterocycles. The maximum Gasteiger partial charge on any atom is 0.315 e. The molecule has 0 unspecified atom stereocenters. The minimum absolute atomic E-state index is 0.00649. The van der Waals surface area contributed by atoms with E-state index in [1.165, 1.54) is 0 Å². The molecule has 0 bridgehead atoms. The Labute approximate surface area is 182 Å². The molecule has 158 valence electrons. The Bertz CT molecular complexity index is 1040. The Hall–Kier alpha value is -3.78. The van der Waals surface area contributed by atoms with E-state index in [4.69, 9.17) is 14.2 Å². The third kappa shape index (κ3) is 5.64. The fourth-order valence-corrected chi connectivity index (χ4v) is 3.33. The first-order valence-electron chi connectivity index (χ1n) is 10.1. The molecule has 0 radical (unpaired) electrons. The van der Waals surface area contributed by atoms with Gasteiger partial charge in [-0.1, -0.05) is 56.3 Å². The fraction of sp³-hybridized carbons (Fsp3) is 0.231. The lowest BCUT2D eigenvalue weighted by Gasteiger charge is -2.22. The zero-order valence-electron chi connectivity index (χ0n) is 17.8. The van der Waals surface area contributed by atoms with Gasteiger partial charge in [0.25, 0.3) is 0 Å². The average molecular weight is 415 g/mol. The van der Waals surface area contributed by atoms with Crippen molar-refractivity contribution in [3.8, 4) is 23.3 Å². The number of ether oxygens (including phenoxy) is 3. The molecule has 2 atom stereocenters. The molecule has 0 aliphatic rings. The number of nitriles is 1. The molecule has 0 spiro atoms. The standard InChI is InChI=1S/C26H25NO4/c1-18(2)25(19-12-14-21(29-3)15-13-19)26(28)31-24(17-27)20-8-7-11-23(16-20)30-22-9-5-4-6-10-22/h4-16,18,24-25H,1-3H3/t24-,25+/m1/s1. The smallest absolute Gasteiger partial charge is 0.315 e. The van der Waals surface area contributed by atoms with Gasteiger partial charge in [0.1, 0.15) is 23.3 Å². The van der Waals surface area contributed by atoms with Crippen LogP contribution < -0.4 is 9.47 Å². The van der Waals surface area contributed by atoms with Crippen molar-refractivity contribution >= 4 is 5.97 Å². The van der Waals surface area contributed by atoms with Crippen LogP contribution in [0.2, 0.25) is 0 Å². The molecular weight excluding hydrogens is 390 g/mol. The lowest BCUT2D eigenvalue weighted by molar-refractivity contribution is -0.150. The predicted molar refractivity (Wildman–Crippen MR) is 118 cm³/mol. The van der Waals surface area contributed by atoms with Crippen molar-refractivity contribution < 1.29 is 19.0 Å². The molecular formula is C26H25NO4. The molecule has 3 aromatic rings. The number of esters is 1. The highest BCUT2D eigenvalue weighted by atomic mass is 16.5. The Morgan fingerprint density at radius 3 is 2.13 bits per heavy atom. The van der Waals surface area contributed by atoms with Crippen LogP contribution in [0, 0.1) is 17.2 Å². The summed E-state index contributed by atoms with van der Waals surface area (Å²) >= 11 is 0. The van der Waals surface area contributed by atoms with Crippen LogP contribution in [0.15, 0.2) is 78.9 Å². The number of para-hydroxylation sites is 1. The summed E-state index contributed by atoms with van der Waals surface area (Å²) in [6.45, 7) is 3.90. The van der Waals surface area contributed by atoms with Gasteiger partial charge in [-0.3, -0.25) is 4.79 Å². The number of benzene rings is 3. The number of carbonyl (C=O) groups is 1. The van der Waals surface area contributed by atoms with Crippen LogP contribution in [0.4, 0.5) is 0 Å². The molecule has 0 N–H and O–H groups in total. The number of methoxy groups -OCH3 is 1. The molecule has 0 heterocycles. The van der Waals surface area contributed by atoms with Gasteiger partial charge in [0, 0.05) is 5.56 Å². The first-order valence-corrected chi connectivity index (χ1v) is 10.1. The molecule has 31 heavy (non-hydrogen) atoms. The second-order valence-corrected chi connectivity index (χ2v) is 7.43. The van der Waals surface area contributed by atoms with Crippen molar-refractivity contribution in [3.63, 3.8) is 0 Å². The van der Waals surface area contributed by atoms with Gasteiger partial charge in [0.2, 0.25) is 6.10 Å². The molecule has 0 aliphatic carbocycles. The normalized spacial score (nSPS) is 12.5. The monoisotopic (exact) mass is 415 g/mol. The fourth-order valence-electron chi connectivity index (χ4n) is 3.33. The van der Waals surface area contributed by atoms with Crippen LogP contribution in [0.1, 0.15) is 37.0 Å². The van der Waals surface area contributed by atoms with Gasteiger partial charge >= 0.3 is 5.97 Å².